The van der Waals surface area contributed by atoms with Gasteiger partial charge in [0.1, 0.15) is 0 Å². The summed E-state index contributed by atoms with van der Waals surface area (Å²) in [6.45, 7) is 0.963. The Kier molecular flexibility index (Phi) is 4.78. The summed E-state index contributed by atoms with van der Waals surface area (Å²) < 4.78 is 1.28. The Balaban J connectivity index is 1.63. The minimum absolute atomic E-state index is 0.102. The van der Waals surface area contributed by atoms with Gasteiger partial charge in [0.15, 0.2) is 0 Å². The van der Waals surface area contributed by atoms with Crippen LogP contribution in [0.25, 0.3) is 0 Å². The number of amides is 1. The summed E-state index contributed by atoms with van der Waals surface area (Å²) in [5.74, 6) is -0.487. The SMILES string of the molecule is O=C(CCn1ccc(=O)[nH]c1=O)N1CCCC(CC2CC2)(C(=O)O)C1. The standard InChI is InChI=1S/C17H23N3O5/c21-13-4-8-19(16(25)18-13)9-5-14(22)20-7-1-6-17(11-20,15(23)24)10-12-2-3-12/h4,8,12H,1-3,5-7,9-11H2,(H,23,24)(H,18,21,25). The number of hydrogen-bond donors (Lipinski definition) is 2. The van der Waals surface area contributed by atoms with Crippen molar-refractivity contribution >= 4 is 11.9 Å². The summed E-state index contributed by atoms with van der Waals surface area (Å²) in [5, 5.41) is 9.72. The van der Waals surface area contributed by atoms with E-state index in [2.05, 4.69) is 4.98 Å². The molecular weight excluding hydrogens is 326 g/mol. The van der Waals surface area contributed by atoms with Gasteiger partial charge < -0.3 is 14.6 Å². The highest BCUT2D eigenvalue weighted by Gasteiger charge is 2.46. The molecule has 1 saturated heterocycles. The Morgan fingerprint density at radius 1 is 1.32 bits per heavy atom. The molecule has 1 atom stereocenters. The molecule has 1 saturated carbocycles. The number of aryl methyl sites for hydroxylation is 1. The van der Waals surface area contributed by atoms with Gasteiger partial charge in [0.25, 0.3) is 5.56 Å². The highest BCUT2D eigenvalue weighted by atomic mass is 16.4. The predicted octanol–water partition coefficient (Wildman–Crippen LogP) is 0.420. The van der Waals surface area contributed by atoms with E-state index in [1.807, 2.05) is 0 Å². The fourth-order valence-electron chi connectivity index (χ4n) is 3.64. The predicted molar refractivity (Wildman–Crippen MR) is 89.2 cm³/mol. The van der Waals surface area contributed by atoms with Crippen molar-refractivity contribution in [2.24, 2.45) is 11.3 Å². The van der Waals surface area contributed by atoms with Gasteiger partial charge in [-0.25, -0.2) is 4.79 Å². The van der Waals surface area contributed by atoms with Crippen molar-refractivity contribution in [1.29, 1.82) is 0 Å². The number of hydrogen-bond acceptors (Lipinski definition) is 4. The molecule has 1 aliphatic carbocycles. The number of carbonyl (C=O) groups is 2. The molecule has 25 heavy (non-hydrogen) atoms. The van der Waals surface area contributed by atoms with Crippen LogP contribution in [0.5, 0.6) is 0 Å². The van der Waals surface area contributed by atoms with Crippen LogP contribution >= 0.6 is 0 Å². The van der Waals surface area contributed by atoms with E-state index in [9.17, 15) is 24.3 Å². The molecule has 2 N–H and O–H groups in total. The first kappa shape index (κ1) is 17.4. The third-order valence-corrected chi connectivity index (χ3v) is 5.22. The van der Waals surface area contributed by atoms with Crippen LogP contribution in [0.15, 0.2) is 21.9 Å². The average Bonchev–Trinajstić information content (AvgIpc) is 3.37. The lowest BCUT2D eigenvalue weighted by molar-refractivity contribution is -0.156. The molecule has 0 spiro atoms. The van der Waals surface area contributed by atoms with Crippen LogP contribution in [0.4, 0.5) is 0 Å². The zero-order valence-corrected chi connectivity index (χ0v) is 14.1. The summed E-state index contributed by atoms with van der Waals surface area (Å²) in [6.07, 6.45) is 5.57. The monoisotopic (exact) mass is 349 g/mol. The highest BCUT2D eigenvalue weighted by Crippen LogP contribution is 2.44. The van der Waals surface area contributed by atoms with E-state index < -0.39 is 22.6 Å². The lowest BCUT2D eigenvalue weighted by atomic mass is 9.75. The van der Waals surface area contributed by atoms with Crippen molar-refractivity contribution in [3.05, 3.63) is 33.1 Å². The molecule has 0 aromatic carbocycles. The number of likely N-dealkylation sites (tertiary alicyclic amines) is 1. The molecule has 3 rings (SSSR count). The van der Waals surface area contributed by atoms with Crippen LogP contribution < -0.4 is 11.2 Å². The number of aliphatic carboxylic acids is 1. The maximum absolute atomic E-state index is 12.5. The number of aromatic nitrogens is 2. The molecule has 8 heteroatoms. The van der Waals surface area contributed by atoms with E-state index in [4.69, 9.17) is 0 Å². The first-order chi connectivity index (χ1) is 11.9. The number of carbonyl (C=O) groups excluding carboxylic acids is 1. The summed E-state index contributed by atoms with van der Waals surface area (Å²) in [5.41, 5.74) is -1.85. The van der Waals surface area contributed by atoms with Gasteiger partial charge in [-0.2, -0.15) is 0 Å². The van der Waals surface area contributed by atoms with Crippen molar-refractivity contribution < 1.29 is 14.7 Å². The molecule has 1 amide bonds. The molecular formula is C17H23N3O5. The molecule has 8 nitrogen and oxygen atoms in total. The van der Waals surface area contributed by atoms with Gasteiger partial charge >= 0.3 is 11.7 Å². The van der Waals surface area contributed by atoms with E-state index in [1.54, 1.807) is 4.90 Å². The van der Waals surface area contributed by atoms with Gasteiger partial charge in [0.2, 0.25) is 5.91 Å². The maximum atomic E-state index is 12.5. The smallest absolute Gasteiger partial charge is 0.328 e. The van der Waals surface area contributed by atoms with Crippen molar-refractivity contribution in [3.8, 4) is 0 Å². The van der Waals surface area contributed by atoms with Crippen molar-refractivity contribution in [2.75, 3.05) is 13.1 Å². The number of rotatable bonds is 6. The zero-order chi connectivity index (χ0) is 18.0. The molecule has 1 aliphatic heterocycles. The molecule has 136 valence electrons. The van der Waals surface area contributed by atoms with E-state index >= 15 is 0 Å². The highest BCUT2D eigenvalue weighted by molar-refractivity contribution is 5.79. The molecule has 2 aliphatic rings. The molecule has 0 bridgehead atoms. The van der Waals surface area contributed by atoms with Gasteiger partial charge in [0, 0.05) is 38.3 Å². The van der Waals surface area contributed by atoms with Crippen LogP contribution in [0.1, 0.15) is 38.5 Å². The van der Waals surface area contributed by atoms with Gasteiger partial charge in [-0.05, 0) is 25.2 Å². The minimum atomic E-state index is -0.829. The molecule has 1 unspecified atom stereocenters. The van der Waals surface area contributed by atoms with E-state index in [0.29, 0.717) is 31.7 Å². The first-order valence-corrected chi connectivity index (χ1v) is 8.71. The number of H-pyrrole nitrogens is 1. The molecule has 1 aromatic rings. The van der Waals surface area contributed by atoms with Crippen LogP contribution in [-0.2, 0) is 16.1 Å². The molecule has 1 aromatic heterocycles. The van der Waals surface area contributed by atoms with Crippen molar-refractivity contribution in [2.45, 2.75) is 45.1 Å². The van der Waals surface area contributed by atoms with Crippen LogP contribution in [0.2, 0.25) is 0 Å². The van der Waals surface area contributed by atoms with Gasteiger partial charge in [0.05, 0.1) is 5.41 Å². The van der Waals surface area contributed by atoms with E-state index in [0.717, 1.165) is 12.8 Å². The van der Waals surface area contributed by atoms with Crippen LogP contribution in [0, 0.1) is 11.3 Å². The van der Waals surface area contributed by atoms with E-state index in [-0.39, 0.29) is 25.4 Å². The second-order valence-electron chi connectivity index (χ2n) is 7.21. The number of carboxylic acids is 1. The Morgan fingerprint density at radius 2 is 2.08 bits per heavy atom. The Morgan fingerprint density at radius 3 is 2.72 bits per heavy atom. The van der Waals surface area contributed by atoms with Gasteiger partial charge in [-0.1, -0.05) is 12.8 Å². The van der Waals surface area contributed by atoms with Crippen LogP contribution in [0.3, 0.4) is 0 Å². The lowest BCUT2D eigenvalue weighted by Crippen LogP contribution is -2.50. The largest absolute Gasteiger partial charge is 0.481 e. The van der Waals surface area contributed by atoms with Crippen molar-refractivity contribution in [1.82, 2.24) is 14.5 Å². The summed E-state index contributed by atoms with van der Waals surface area (Å²) in [6, 6.07) is 1.23. The topological polar surface area (TPSA) is 112 Å². The lowest BCUT2D eigenvalue weighted by Gasteiger charge is -2.40. The van der Waals surface area contributed by atoms with E-state index in [1.165, 1.54) is 16.8 Å². The summed E-state index contributed by atoms with van der Waals surface area (Å²) in [7, 11) is 0. The minimum Gasteiger partial charge on any atom is -0.481 e. The second-order valence-corrected chi connectivity index (χ2v) is 7.21. The number of aromatic amines is 1. The van der Waals surface area contributed by atoms with Gasteiger partial charge in [-0.3, -0.25) is 19.4 Å². The normalized spacial score (nSPS) is 23.4. The summed E-state index contributed by atoms with van der Waals surface area (Å²) >= 11 is 0. The second kappa shape index (κ2) is 6.85. The third-order valence-electron chi connectivity index (χ3n) is 5.22. The van der Waals surface area contributed by atoms with Crippen LogP contribution in [-0.4, -0.2) is 44.5 Å². The molecule has 0 radical (unpaired) electrons. The molecule has 2 fully saturated rings. The average molecular weight is 349 g/mol. The summed E-state index contributed by atoms with van der Waals surface area (Å²) in [4.78, 5) is 50.8. The zero-order valence-electron chi connectivity index (χ0n) is 14.1. The maximum Gasteiger partial charge on any atom is 0.328 e. The Labute approximate surface area is 144 Å². The number of carboxylic acid groups (broad SMARTS) is 1. The molecule has 2 heterocycles. The van der Waals surface area contributed by atoms with Gasteiger partial charge in [-0.15, -0.1) is 0 Å². The Bertz CT molecular complexity index is 779. The Hall–Kier alpha value is -2.38. The van der Waals surface area contributed by atoms with Crippen molar-refractivity contribution in [3.63, 3.8) is 0 Å². The fraction of sp³-hybridized carbons (Fsp3) is 0.647. The number of piperidine rings is 1. The third kappa shape index (κ3) is 4.00. The first-order valence-electron chi connectivity index (χ1n) is 8.71. The quantitative estimate of drug-likeness (QED) is 0.773. The number of nitrogens with zero attached hydrogens (tertiary/aromatic N) is 2. The number of nitrogens with one attached hydrogen (secondary N) is 1. The fourth-order valence-corrected chi connectivity index (χ4v) is 3.64.